The van der Waals surface area contributed by atoms with E-state index in [0.717, 1.165) is 5.92 Å². The highest BCUT2D eigenvalue weighted by atomic mass is 79.9. The van der Waals surface area contributed by atoms with Crippen LogP contribution < -0.4 is 5.32 Å². The van der Waals surface area contributed by atoms with Crippen LogP contribution in [0.2, 0.25) is 0 Å². The third kappa shape index (κ3) is 4.11. The summed E-state index contributed by atoms with van der Waals surface area (Å²) in [6.07, 6.45) is 5.34. The van der Waals surface area contributed by atoms with Crippen molar-refractivity contribution >= 4 is 21.9 Å². The molecule has 88 valence electrons. The van der Waals surface area contributed by atoms with E-state index in [1.807, 2.05) is 0 Å². The van der Waals surface area contributed by atoms with Crippen LogP contribution in [0.1, 0.15) is 32.6 Å². The van der Waals surface area contributed by atoms with E-state index in [0.29, 0.717) is 12.6 Å². The first-order valence-electron chi connectivity index (χ1n) is 5.60. The lowest BCUT2D eigenvalue weighted by Crippen LogP contribution is -2.38. The molecule has 1 saturated carbocycles. The molecule has 1 aliphatic rings. The molecule has 0 spiro atoms. The van der Waals surface area contributed by atoms with Crippen molar-refractivity contribution in [3.05, 3.63) is 0 Å². The van der Waals surface area contributed by atoms with Gasteiger partial charge in [0.15, 0.2) is 0 Å². The van der Waals surface area contributed by atoms with Crippen LogP contribution in [0.4, 0.5) is 0 Å². The minimum atomic E-state index is -0.230. The van der Waals surface area contributed by atoms with Gasteiger partial charge in [-0.3, -0.25) is 4.79 Å². The Morgan fingerprint density at radius 1 is 1.53 bits per heavy atom. The molecule has 0 amide bonds. The van der Waals surface area contributed by atoms with Crippen LogP contribution in [0.3, 0.4) is 0 Å². The summed E-state index contributed by atoms with van der Waals surface area (Å²) in [5.41, 5.74) is 0. The van der Waals surface area contributed by atoms with E-state index in [-0.39, 0.29) is 10.8 Å². The van der Waals surface area contributed by atoms with E-state index in [2.05, 4.69) is 32.9 Å². The molecule has 1 N–H and O–H groups in total. The fourth-order valence-corrected chi connectivity index (χ4v) is 2.50. The lowest BCUT2D eigenvalue weighted by atomic mass is 10.00. The van der Waals surface area contributed by atoms with E-state index in [4.69, 9.17) is 0 Å². The number of hydrogen-bond acceptors (Lipinski definition) is 3. The largest absolute Gasteiger partial charge is 0.468 e. The summed E-state index contributed by atoms with van der Waals surface area (Å²) < 4.78 is 4.64. The Balaban J connectivity index is 2.20. The molecule has 0 bridgehead atoms. The summed E-state index contributed by atoms with van der Waals surface area (Å²) in [5.74, 6) is 0.573. The zero-order valence-electron chi connectivity index (χ0n) is 9.46. The van der Waals surface area contributed by atoms with Gasteiger partial charge in [0, 0.05) is 12.6 Å². The Bertz CT molecular complexity index is 205. The summed E-state index contributed by atoms with van der Waals surface area (Å²) in [6.45, 7) is 2.84. The molecule has 0 saturated heterocycles. The average Bonchev–Trinajstić information content (AvgIpc) is 2.77. The second kappa shape index (κ2) is 6.48. The van der Waals surface area contributed by atoms with Crippen LogP contribution in [0.5, 0.6) is 0 Å². The number of rotatable bonds is 5. The molecule has 0 aromatic carbocycles. The van der Waals surface area contributed by atoms with Crippen molar-refractivity contribution in [2.24, 2.45) is 5.92 Å². The number of halogens is 1. The van der Waals surface area contributed by atoms with E-state index < -0.39 is 0 Å². The number of ether oxygens (including phenoxy) is 1. The first-order chi connectivity index (χ1) is 7.15. The molecule has 1 fully saturated rings. The molecule has 2 atom stereocenters. The molecule has 1 unspecified atom stereocenters. The number of hydrogen-bond donors (Lipinski definition) is 1. The van der Waals surface area contributed by atoms with Crippen molar-refractivity contribution in [2.45, 2.75) is 43.5 Å². The van der Waals surface area contributed by atoms with Gasteiger partial charge in [-0.2, -0.15) is 0 Å². The van der Waals surface area contributed by atoms with Gasteiger partial charge in [0.05, 0.1) is 7.11 Å². The van der Waals surface area contributed by atoms with Crippen LogP contribution in [-0.2, 0) is 9.53 Å². The standard InChI is InChI=1S/C11H20BrNO2/c1-8(9-5-3-4-6-9)13-7-10(12)11(14)15-2/h8-10,13H,3-7H2,1-2H3/t8-,10?/m0/s1. The summed E-state index contributed by atoms with van der Waals surface area (Å²) in [7, 11) is 1.41. The van der Waals surface area contributed by atoms with Gasteiger partial charge in [-0.05, 0) is 25.7 Å². The van der Waals surface area contributed by atoms with Crippen LogP contribution in [0, 0.1) is 5.92 Å². The number of esters is 1. The zero-order chi connectivity index (χ0) is 11.3. The number of alkyl halides is 1. The Morgan fingerprint density at radius 3 is 2.67 bits per heavy atom. The van der Waals surface area contributed by atoms with Crippen LogP contribution in [0.15, 0.2) is 0 Å². The predicted molar refractivity (Wildman–Crippen MR) is 64.2 cm³/mol. The number of methoxy groups -OCH3 is 1. The monoisotopic (exact) mass is 277 g/mol. The summed E-state index contributed by atoms with van der Waals surface area (Å²) in [5, 5.41) is 3.39. The van der Waals surface area contributed by atoms with Crippen molar-refractivity contribution < 1.29 is 9.53 Å². The van der Waals surface area contributed by atoms with E-state index in [9.17, 15) is 4.79 Å². The molecular formula is C11H20BrNO2. The summed E-state index contributed by atoms with van der Waals surface area (Å²) >= 11 is 3.30. The first kappa shape index (κ1) is 13.0. The Labute approximate surface area is 100 Å². The second-order valence-corrected chi connectivity index (χ2v) is 5.34. The topological polar surface area (TPSA) is 38.3 Å². The molecule has 3 nitrogen and oxygen atoms in total. The van der Waals surface area contributed by atoms with E-state index in [1.54, 1.807) is 0 Å². The zero-order valence-corrected chi connectivity index (χ0v) is 11.0. The lowest BCUT2D eigenvalue weighted by Gasteiger charge is -2.21. The van der Waals surface area contributed by atoms with Gasteiger partial charge < -0.3 is 10.1 Å². The molecule has 4 heteroatoms. The van der Waals surface area contributed by atoms with Gasteiger partial charge in [0.2, 0.25) is 0 Å². The fourth-order valence-electron chi connectivity index (χ4n) is 2.12. The quantitative estimate of drug-likeness (QED) is 0.618. The number of carbonyl (C=O) groups excluding carboxylic acids is 1. The normalized spacial score (nSPS) is 21.3. The molecule has 0 radical (unpaired) electrons. The minimum Gasteiger partial charge on any atom is -0.468 e. The highest BCUT2D eigenvalue weighted by Crippen LogP contribution is 2.27. The number of nitrogens with one attached hydrogen (secondary N) is 1. The average molecular weight is 278 g/mol. The van der Waals surface area contributed by atoms with Gasteiger partial charge in [0.25, 0.3) is 0 Å². The Hall–Kier alpha value is -0.0900. The van der Waals surface area contributed by atoms with Gasteiger partial charge in [-0.1, -0.05) is 28.8 Å². The molecule has 1 rings (SSSR count). The van der Waals surface area contributed by atoms with E-state index in [1.165, 1.54) is 32.8 Å². The van der Waals surface area contributed by atoms with Gasteiger partial charge in [0.1, 0.15) is 4.83 Å². The smallest absolute Gasteiger partial charge is 0.320 e. The molecule has 0 heterocycles. The highest BCUT2D eigenvalue weighted by molar-refractivity contribution is 9.10. The minimum absolute atomic E-state index is 0.207. The highest BCUT2D eigenvalue weighted by Gasteiger charge is 2.23. The SMILES string of the molecule is COC(=O)C(Br)CN[C@@H](C)C1CCCC1. The van der Waals surface area contributed by atoms with Crippen molar-refractivity contribution in [1.29, 1.82) is 0 Å². The molecule has 0 aromatic rings. The maximum atomic E-state index is 11.1. The van der Waals surface area contributed by atoms with Gasteiger partial charge >= 0.3 is 5.97 Å². The Kier molecular flexibility index (Phi) is 5.61. The Morgan fingerprint density at radius 2 is 2.13 bits per heavy atom. The molecule has 0 aliphatic heterocycles. The van der Waals surface area contributed by atoms with Crippen molar-refractivity contribution in [3.63, 3.8) is 0 Å². The van der Waals surface area contributed by atoms with Crippen LogP contribution >= 0.6 is 15.9 Å². The third-order valence-corrected chi connectivity index (χ3v) is 3.88. The lowest BCUT2D eigenvalue weighted by molar-refractivity contribution is -0.139. The summed E-state index contributed by atoms with van der Waals surface area (Å²) in [6, 6.07) is 0.497. The van der Waals surface area contributed by atoms with Crippen molar-refractivity contribution in [1.82, 2.24) is 5.32 Å². The maximum absolute atomic E-state index is 11.1. The molecule has 15 heavy (non-hydrogen) atoms. The predicted octanol–water partition coefficient (Wildman–Crippen LogP) is 2.09. The van der Waals surface area contributed by atoms with Gasteiger partial charge in [-0.25, -0.2) is 0 Å². The third-order valence-electron chi connectivity index (χ3n) is 3.18. The molecule has 1 aliphatic carbocycles. The van der Waals surface area contributed by atoms with Crippen molar-refractivity contribution in [3.8, 4) is 0 Å². The second-order valence-electron chi connectivity index (χ2n) is 4.23. The van der Waals surface area contributed by atoms with Crippen LogP contribution in [-0.4, -0.2) is 30.5 Å². The molecule has 0 aromatic heterocycles. The fraction of sp³-hybridized carbons (Fsp3) is 0.909. The summed E-state index contributed by atoms with van der Waals surface area (Å²) in [4.78, 5) is 10.9. The number of carbonyl (C=O) groups is 1. The first-order valence-corrected chi connectivity index (χ1v) is 6.52. The van der Waals surface area contributed by atoms with Crippen molar-refractivity contribution in [2.75, 3.05) is 13.7 Å². The van der Waals surface area contributed by atoms with Crippen LogP contribution in [0.25, 0.3) is 0 Å². The van der Waals surface area contributed by atoms with E-state index >= 15 is 0 Å². The maximum Gasteiger partial charge on any atom is 0.320 e. The van der Waals surface area contributed by atoms with Gasteiger partial charge in [-0.15, -0.1) is 0 Å². The molecular weight excluding hydrogens is 258 g/mol.